The molecule has 1 heterocycles. The van der Waals surface area contributed by atoms with Crippen LogP contribution in [0.25, 0.3) is 0 Å². The van der Waals surface area contributed by atoms with Crippen molar-refractivity contribution in [3.8, 4) is 0 Å². The molecule has 98 valence electrons. The number of rotatable bonds is 3. The summed E-state index contributed by atoms with van der Waals surface area (Å²) in [5.74, 6) is -0.601. The number of carbonyl (C=O) groups is 1. The van der Waals surface area contributed by atoms with Crippen molar-refractivity contribution in [2.24, 2.45) is 0 Å². The Kier molecular flexibility index (Phi) is 3.85. The number of aromatic nitrogens is 2. The second kappa shape index (κ2) is 5.56. The number of hydrogen-bond acceptors (Lipinski definition) is 3. The molecule has 0 saturated heterocycles. The Morgan fingerprint density at radius 2 is 1.89 bits per heavy atom. The van der Waals surface area contributed by atoms with Crippen molar-refractivity contribution in [2.45, 2.75) is 19.9 Å². The monoisotopic (exact) mass is 259 g/mol. The number of hydrogen-bond donors (Lipinski definition) is 1. The predicted octanol–water partition coefficient (Wildman–Crippen LogP) is 2.42. The van der Waals surface area contributed by atoms with Crippen molar-refractivity contribution in [3.05, 3.63) is 59.4 Å². The maximum absolute atomic E-state index is 12.8. The fourth-order valence-corrected chi connectivity index (χ4v) is 1.62. The highest BCUT2D eigenvalue weighted by Gasteiger charge is 2.12. The third-order valence-electron chi connectivity index (χ3n) is 2.73. The summed E-state index contributed by atoms with van der Waals surface area (Å²) in [4.78, 5) is 19.9. The van der Waals surface area contributed by atoms with E-state index in [1.165, 1.54) is 24.5 Å². The van der Waals surface area contributed by atoms with Gasteiger partial charge in [0.25, 0.3) is 5.91 Å². The molecule has 0 bridgehead atoms. The fraction of sp³-hybridized carbons (Fsp3) is 0.214. The van der Waals surface area contributed by atoms with Crippen molar-refractivity contribution >= 4 is 5.91 Å². The molecular formula is C14H14FN3O. The Bertz CT molecular complexity index is 566. The molecule has 0 saturated carbocycles. The summed E-state index contributed by atoms with van der Waals surface area (Å²) in [6, 6.07) is 5.78. The van der Waals surface area contributed by atoms with Crippen LogP contribution in [0.1, 0.15) is 34.7 Å². The smallest absolute Gasteiger partial charge is 0.271 e. The van der Waals surface area contributed by atoms with E-state index in [9.17, 15) is 9.18 Å². The molecule has 0 aliphatic carbocycles. The van der Waals surface area contributed by atoms with Crippen LogP contribution in [0, 0.1) is 12.7 Å². The lowest BCUT2D eigenvalue weighted by molar-refractivity contribution is 0.0934. The van der Waals surface area contributed by atoms with Gasteiger partial charge >= 0.3 is 0 Å². The first-order valence-corrected chi connectivity index (χ1v) is 5.91. The van der Waals surface area contributed by atoms with Crippen LogP contribution in [0.5, 0.6) is 0 Å². The standard InChI is InChI=1S/C14H14FN3O/c1-9-7-17-13(8-16-9)14(19)18-10(2)11-3-5-12(15)6-4-11/h3-8,10H,1-2H3,(H,18,19). The molecule has 0 radical (unpaired) electrons. The second-order valence-electron chi connectivity index (χ2n) is 4.29. The average molecular weight is 259 g/mol. The van der Waals surface area contributed by atoms with E-state index >= 15 is 0 Å². The molecule has 0 aliphatic heterocycles. The Hall–Kier alpha value is -2.30. The molecule has 1 atom stereocenters. The van der Waals surface area contributed by atoms with E-state index in [0.29, 0.717) is 0 Å². The SMILES string of the molecule is Cc1cnc(C(=O)NC(C)c2ccc(F)cc2)cn1. The van der Waals surface area contributed by atoms with Crippen molar-refractivity contribution in [3.63, 3.8) is 0 Å². The lowest BCUT2D eigenvalue weighted by atomic mass is 10.1. The van der Waals surface area contributed by atoms with Crippen molar-refractivity contribution < 1.29 is 9.18 Å². The zero-order valence-electron chi connectivity index (χ0n) is 10.7. The predicted molar refractivity (Wildman–Crippen MR) is 69.1 cm³/mol. The van der Waals surface area contributed by atoms with Crippen molar-refractivity contribution in [2.75, 3.05) is 0 Å². The van der Waals surface area contributed by atoms with Crippen molar-refractivity contribution in [1.29, 1.82) is 0 Å². The van der Waals surface area contributed by atoms with Gasteiger partial charge in [0.1, 0.15) is 11.5 Å². The van der Waals surface area contributed by atoms with E-state index in [-0.39, 0.29) is 23.5 Å². The normalized spacial score (nSPS) is 11.9. The molecule has 1 aromatic heterocycles. The largest absolute Gasteiger partial charge is 0.344 e. The van der Waals surface area contributed by atoms with Crippen LogP contribution in [0.2, 0.25) is 0 Å². The minimum absolute atomic E-state index is 0.226. The van der Waals surface area contributed by atoms with Gasteiger partial charge in [-0.1, -0.05) is 12.1 Å². The number of nitrogens with one attached hydrogen (secondary N) is 1. The van der Waals surface area contributed by atoms with E-state index in [2.05, 4.69) is 15.3 Å². The van der Waals surface area contributed by atoms with Gasteiger partial charge in [0, 0.05) is 6.20 Å². The molecule has 1 N–H and O–H groups in total. The van der Waals surface area contributed by atoms with Gasteiger partial charge in [0.2, 0.25) is 0 Å². The zero-order chi connectivity index (χ0) is 13.8. The molecule has 1 aromatic carbocycles. The highest BCUT2D eigenvalue weighted by Crippen LogP contribution is 2.13. The first-order valence-electron chi connectivity index (χ1n) is 5.91. The third-order valence-corrected chi connectivity index (χ3v) is 2.73. The maximum atomic E-state index is 12.8. The summed E-state index contributed by atoms with van der Waals surface area (Å²) in [5, 5.41) is 2.79. The number of carbonyl (C=O) groups excluding carboxylic acids is 1. The fourth-order valence-electron chi connectivity index (χ4n) is 1.62. The number of halogens is 1. The minimum atomic E-state index is -0.302. The van der Waals surface area contributed by atoms with Crippen molar-refractivity contribution in [1.82, 2.24) is 15.3 Å². The minimum Gasteiger partial charge on any atom is -0.344 e. The van der Waals surface area contributed by atoms with Crippen LogP contribution in [0.3, 0.4) is 0 Å². The Labute approximate surface area is 110 Å². The molecule has 19 heavy (non-hydrogen) atoms. The van der Waals surface area contributed by atoms with Crippen LogP contribution in [-0.4, -0.2) is 15.9 Å². The highest BCUT2D eigenvalue weighted by molar-refractivity contribution is 5.92. The summed E-state index contributed by atoms with van der Waals surface area (Å²) in [5.41, 5.74) is 1.84. The number of nitrogens with zero attached hydrogens (tertiary/aromatic N) is 2. The van der Waals surface area contributed by atoms with E-state index in [1.54, 1.807) is 19.1 Å². The van der Waals surface area contributed by atoms with Gasteiger partial charge in [-0.25, -0.2) is 9.37 Å². The van der Waals surface area contributed by atoms with Crippen LogP contribution in [0.15, 0.2) is 36.7 Å². The molecule has 4 nitrogen and oxygen atoms in total. The molecule has 0 fully saturated rings. The maximum Gasteiger partial charge on any atom is 0.271 e. The van der Waals surface area contributed by atoms with Gasteiger partial charge in [-0.05, 0) is 31.5 Å². The topological polar surface area (TPSA) is 54.9 Å². The molecule has 1 amide bonds. The zero-order valence-corrected chi connectivity index (χ0v) is 10.7. The molecule has 2 aromatic rings. The summed E-state index contributed by atoms with van der Waals surface area (Å²) in [6.45, 7) is 3.63. The number of benzene rings is 1. The van der Waals surface area contributed by atoms with Gasteiger partial charge in [0.15, 0.2) is 0 Å². The van der Waals surface area contributed by atoms with Gasteiger partial charge in [-0.3, -0.25) is 9.78 Å². The Balaban J connectivity index is 2.06. The average Bonchev–Trinajstić information content (AvgIpc) is 2.40. The number of aryl methyl sites for hydroxylation is 1. The molecular weight excluding hydrogens is 245 g/mol. The lowest BCUT2D eigenvalue weighted by Crippen LogP contribution is -2.27. The molecule has 0 aliphatic rings. The van der Waals surface area contributed by atoms with Gasteiger partial charge in [-0.15, -0.1) is 0 Å². The first-order chi connectivity index (χ1) is 9.06. The quantitative estimate of drug-likeness (QED) is 0.921. The number of amides is 1. The summed E-state index contributed by atoms with van der Waals surface area (Å²) < 4.78 is 12.8. The van der Waals surface area contributed by atoms with Crippen LogP contribution in [0.4, 0.5) is 4.39 Å². The van der Waals surface area contributed by atoms with Gasteiger partial charge < -0.3 is 5.32 Å². The Morgan fingerprint density at radius 3 is 2.47 bits per heavy atom. The van der Waals surface area contributed by atoms with E-state index in [4.69, 9.17) is 0 Å². The second-order valence-corrected chi connectivity index (χ2v) is 4.29. The summed E-state index contributed by atoms with van der Waals surface area (Å²) in [6.07, 6.45) is 2.97. The summed E-state index contributed by atoms with van der Waals surface area (Å²) >= 11 is 0. The van der Waals surface area contributed by atoms with E-state index < -0.39 is 0 Å². The first kappa shape index (κ1) is 13.1. The molecule has 5 heteroatoms. The molecule has 0 spiro atoms. The Morgan fingerprint density at radius 1 is 1.21 bits per heavy atom. The molecule has 2 rings (SSSR count). The van der Waals surface area contributed by atoms with Gasteiger partial charge in [-0.2, -0.15) is 0 Å². The van der Waals surface area contributed by atoms with Crippen LogP contribution in [-0.2, 0) is 0 Å². The molecule has 1 unspecified atom stereocenters. The van der Waals surface area contributed by atoms with Gasteiger partial charge in [0.05, 0.1) is 17.9 Å². The summed E-state index contributed by atoms with van der Waals surface area (Å²) in [7, 11) is 0. The third kappa shape index (κ3) is 3.34. The van der Waals surface area contributed by atoms with E-state index in [1.807, 2.05) is 6.92 Å². The van der Waals surface area contributed by atoms with Crippen LogP contribution >= 0.6 is 0 Å². The van der Waals surface area contributed by atoms with Crippen LogP contribution < -0.4 is 5.32 Å². The van der Waals surface area contributed by atoms with E-state index in [0.717, 1.165) is 11.3 Å². The highest BCUT2D eigenvalue weighted by atomic mass is 19.1. The lowest BCUT2D eigenvalue weighted by Gasteiger charge is -2.13.